The van der Waals surface area contributed by atoms with Crippen molar-refractivity contribution in [1.82, 2.24) is 10.3 Å². The largest absolute Gasteiger partial charge is 0.348 e. The number of rotatable bonds is 3. The van der Waals surface area contributed by atoms with E-state index in [1.54, 1.807) is 0 Å². The molecule has 2 aromatic rings. The molecule has 0 spiro atoms. The first-order chi connectivity index (χ1) is 11.0. The van der Waals surface area contributed by atoms with Crippen molar-refractivity contribution in [3.05, 3.63) is 40.9 Å². The van der Waals surface area contributed by atoms with E-state index in [0.717, 1.165) is 37.0 Å². The molecule has 7 heteroatoms. The van der Waals surface area contributed by atoms with Crippen molar-refractivity contribution < 1.29 is 13.6 Å². The van der Waals surface area contributed by atoms with Crippen molar-refractivity contribution in [3.63, 3.8) is 0 Å². The van der Waals surface area contributed by atoms with Crippen LogP contribution in [0, 0.1) is 11.6 Å². The molecule has 1 amide bonds. The number of nitrogens with zero attached hydrogens (tertiary/aromatic N) is 1. The van der Waals surface area contributed by atoms with Gasteiger partial charge in [-0.1, -0.05) is 6.07 Å². The summed E-state index contributed by atoms with van der Waals surface area (Å²) in [5, 5.41) is 4.59. The Morgan fingerprint density at radius 1 is 1.22 bits per heavy atom. The summed E-state index contributed by atoms with van der Waals surface area (Å²) in [4.78, 5) is 16.3. The first-order valence-corrected chi connectivity index (χ1v) is 8.39. The van der Waals surface area contributed by atoms with Gasteiger partial charge in [-0.3, -0.25) is 4.79 Å². The Morgan fingerprint density at radius 2 is 1.87 bits per heavy atom. The number of nitrogens with two attached hydrogens (primary N) is 1. The minimum atomic E-state index is -0.687. The molecule has 0 aliphatic heterocycles. The molecule has 3 rings (SSSR count). The fourth-order valence-electron chi connectivity index (χ4n) is 2.72. The van der Waals surface area contributed by atoms with E-state index in [-0.39, 0.29) is 34.3 Å². The van der Waals surface area contributed by atoms with E-state index in [0.29, 0.717) is 0 Å². The average Bonchev–Trinajstić information content (AvgIpc) is 2.99. The normalized spacial score (nSPS) is 21.2. The average molecular weight is 337 g/mol. The second kappa shape index (κ2) is 6.72. The molecular weight excluding hydrogens is 320 g/mol. The van der Waals surface area contributed by atoms with Crippen LogP contribution in [0.25, 0.3) is 10.6 Å². The quantitative estimate of drug-likeness (QED) is 0.904. The van der Waals surface area contributed by atoms with Gasteiger partial charge in [0.25, 0.3) is 5.91 Å². The summed E-state index contributed by atoms with van der Waals surface area (Å²) in [6.07, 6.45) is 3.44. The first kappa shape index (κ1) is 16.0. The highest BCUT2D eigenvalue weighted by Gasteiger charge is 2.22. The Hall–Kier alpha value is -1.86. The zero-order chi connectivity index (χ0) is 16.4. The molecule has 3 N–H and O–H groups in total. The number of benzene rings is 1. The van der Waals surface area contributed by atoms with Crippen molar-refractivity contribution in [1.29, 1.82) is 0 Å². The minimum Gasteiger partial charge on any atom is -0.348 e. The van der Waals surface area contributed by atoms with Gasteiger partial charge in [-0.15, -0.1) is 11.3 Å². The van der Waals surface area contributed by atoms with Crippen LogP contribution in [0.3, 0.4) is 0 Å². The Bertz CT molecular complexity index is 691. The number of carbonyl (C=O) groups is 1. The maximum Gasteiger partial charge on any atom is 0.270 e. The van der Waals surface area contributed by atoms with Crippen LogP contribution >= 0.6 is 11.3 Å². The van der Waals surface area contributed by atoms with Crippen molar-refractivity contribution >= 4 is 17.2 Å². The third-order valence-electron chi connectivity index (χ3n) is 4.02. The van der Waals surface area contributed by atoms with E-state index in [1.807, 2.05) is 0 Å². The third-order valence-corrected chi connectivity index (χ3v) is 4.88. The summed E-state index contributed by atoms with van der Waals surface area (Å²) in [6.45, 7) is 0. The van der Waals surface area contributed by atoms with Crippen LogP contribution < -0.4 is 11.1 Å². The predicted molar refractivity (Wildman–Crippen MR) is 85.2 cm³/mol. The molecule has 1 aromatic carbocycles. The number of nitrogens with one attached hydrogen (secondary N) is 1. The van der Waals surface area contributed by atoms with Gasteiger partial charge < -0.3 is 11.1 Å². The molecule has 23 heavy (non-hydrogen) atoms. The van der Waals surface area contributed by atoms with Crippen LogP contribution in [-0.2, 0) is 0 Å². The number of hydrogen-bond donors (Lipinski definition) is 2. The van der Waals surface area contributed by atoms with Gasteiger partial charge in [-0.25, -0.2) is 13.8 Å². The predicted octanol–water partition coefficient (Wildman–Crippen LogP) is 3.09. The zero-order valence-electron chi connectivity index (χ0n) is 12.4. The van der Waals surface area contributed by atoms with Gasteiger partial charge in [0.2, 0.25) is 0 Å². The maximum atomic E-state index is 13.8. The van der Waals surface area contributed by atoms with Crippen molar-refractivity contribution in [3.8, 4) is 10.6 Å². The van der Waals surface area contributed by atoms with Crippen LogP contribution in [0.4, 0.5) is 8.78 Å². The molecule has 0 atom stereocenters. The van der Waals surface area contributed by atoms with Gasteiger partial charge in [0.15, 0.2) is 0 Å². The van der Waals surface area contributed by atoms with Crippen LogP contribution in [0.15, 0.2) is 23.6 Å². The summed E-state index contributed by atoms with van der Waals surface area (Å²) in [7, 11) is 0. The molecule has 4 nitrogen and oxygen atoms in total. The first-order valence-electron chi connectivity index (χ1n) is 7.51. The molecule has 1 aliphatic rings. The summed E-state index contributed by atoms with van der Waals surface area (Å²) in [5.74, 6) is -1.69. The second-order valence-corrected chi connectivity index (χ2v) is 6.58. The molecule has 1 aliphatic carbocycles. The van der Waals surface area contributed by atoms with Gasteiger partial charge in [0, 0.05) is 17.5 Å². The van der Waals surface area contributed by atoms with Crippen molar-refractivity contribution in [2.24, 2.45) is 5.73 Å². The fourth-order valence-corrected chi connectivity index (χ4v) is 3.56. The monoisotopic (exact) mass is 337 g/mol. The molecular formula is C16H17F2N3OS. The lowest BCUT2D eigenvalue weighted by Crippen LogP contribution is -2.40. The highest BCUT2D eigenvalue weighted by molar-refractivity contribution is 7.13. The number of aromatic nitrogens is 1. The highest BCUT2D eigenvalue weighted by Crippen LogP contribution is 2.29. The van der Waals surface area contributed by atoms with Gasteiger partial charge in [-0.05, 0) is 37.8 Å². The van der Waals surface area contributed by atoms with E-state index in [2.05, 4.69) is 10.3 Å². The zero-order valence-corrected chi connectivity index (χ0v) is 13.2. The number of amides is 1. The summed E-state index contributed by atoms with van der Waals surface area (Å²) < 4.78 is 27.5. The molecule has 0 radical (unpaired) electrons. The highest BCUT2D eigenvalue weighted by atomic mass is 32.1. The van der Waals surface area contributed by atoms with Gasteiger partial charge in [-0.2, -0.15) is 0 Å². The number of carbonyl (C=O) groups excluding carboxylic acids is 1. The molecule has 0 saturated heterocycles. The van der Waals surface area contributed by atoms with E-state index in [9.17, 15) is 13.6 Å². The Balaban J connectivity index is 1.73. The number of hydrogen-bond acceptors (Lipinski definition) is 4. The van der Waals surface area contributed by atoms with Crippen LogP contribution in [0.1, 0.15) is 36.2 Å². The molecule has 1 fully saturated rings. The van der Waals surface area contributed by atoms with Crippen LogP contribution in [0.2, 0.25) is 0 Å². The Kier molecular flexibility index (Phi) is 4.68. The van der Waals surface area contributed by atoms with Crippen LogP contribution in [-0.4, -0.2) is 23.0 Å². The standard InChI is InChI=1S/C16H17F2N3OS/c17-11-2-1-3-12(18)14(11)16-21-13(8-23-16)15(22)20-10-6-4-9(19)5-7-10/h1-3,8-10H,4-7,19H2,(H,20,22). The lowest BCUT2D eigenvalue weighted by molar-refractivity contribution is 0.0921. The third kappa shape index (κ3) is 3.56. The minimum absolute atomic E-state index is 0.0812. The van der Waals surface area contributed by atoms with Gasteiger partial charge in [0.1, 0.15) is 22.3 Å². The lowest BCUT2D eigenvalue weighted by Gasteiger charge is -2.26. The SMILES string of the molecule is NC1CCC(NC(=O)c2csc(-c3c(F)cccc3F)n2)CC1. The van der Waals surface area contributed by atoms with E-state index < -0.39 is 11.6 Å². The van der Waals surface area contributed by atoms with Gasteiger partial charge >= 0.3 is 0 Å². The molecule has 1 saturated carbocycles. The fraction of sp³-hybridized carbons (Fsp3) is 0.375. The Morgan fingerprint density at radius 3 is 2.52 bits per heavy atom. The van der Waals surface area contributed by atoms with E-state index in [4.69, 9.17) is 5.73 Å². The molecule has 1 heterocycles. The summed E-state index contributed by atoms with van der Waals surface area (Å²) in [5.41, 5.74) is 5.83. The number of halogens is 2. The van der Waals surface area contributed by atoms with E-state index in [1.165, 1.54) is 23.6 Å². The van der Waals surface area contributed by atoms with Gasteiger partial charge in [0.05, 0.1) is 5.56 Å². The van der Waals surface area contributed by atoms with Crippen LogP contribution in [0.5, 0.6) is 0 Å². The van der Waals surface area contributed by atoms with Crippen molar-refractivity contribution in [2.75, 3.05) is 0 Å². The molecule has 0 bridgehead atoms. The van der Waals surface area contributed by atoms with Crippen molar-refractivity contribution in [2.45, 2.75) is 37.8 Å². The molecule has 1 aromatic heterocycles. The maximum absolute atomic E-state index is 13.8. The summed E-state index contributed by atoms with van der Waals surface area (Å²) >= 11 is 1.05. The topological polar surface area (TPSA) is 68.0 Å². The second-order valence-electron chi connectivity index (χ2n) is 5.72. The lowest BCUT2D eigenvalue weighted by atomic mass is 9.92. The smallest absolute Gasteiger partial charge is 0.270 e. The molecule has 0 unspecified atom stereocenters. The number of thiazole rings is 1. The molecule has 122 valence electrons. The summed E-state index contributed by atoms with van der Waals surface area (Å²) in [6, 6.07) is 3.93. The van der Waals surface area contributed by atoms with E-state index >= 15 is 0 Å². The Labute approximate surface area is 136 Å².